The van der Waals surface area contributed by atoms with E-state index in [1.165, 1.54) is 0 Å². The number of carbonyl (C=O) groups is 1. The van der Waals surface area contributed by atoms with Gasteiger partial charge < -0.3 is 14.8 Å². The fourth-order valence-electron chi connectivity index (χ4n) is 2.64. The molecule has 0 fully saturated rings. The summed E-state index contributed by atoms with van der Waals surface area (Å²) in [7, 11) is 0. The molecule has 3 aromatic rings. The Balaban J connectivity index is 1.53. The predicted octanol–water partition coefficient (Wildman–Crippen LogP) is 2.89. The molecule has 0 saturated heterocycles. The average Bonchev–Trinajstić information content (AvgIpc) is 3.07. The van der Waals surface area contributed by atoms with Crippen molar-refractivity contribution in [3.05, 3.63) is 66.0 Å². The van der Waals surface area contributed by atoms with Gasteiger partial charge in [0.15, 0.2) is 11.5 Å². The third kappa shape index (κ3) is 2.57. The number of ether oxygens (including phenoxy) is 2. The number of aromatic nitrogens is 1. The standard InChI is InChI=1S/C18H14N2O3/c21-18(14-3-1-2-13-6-7-19-10-15(13)14)20-9-12-4-5-16-17(8-12)23-11-22-16/h1-8,10H,9,11H2,(H,20,21). The van der Waals surface area contributed by atoms with Crippen molar-refractivity contribution >= 4 is 16.7 Å². The van der Waals surface area contributed by atoms with Crippen molar-refractivity contribution < 1.29 is 14.3 Å². The molecule has 0 spiro atoms. The molecule has 114 valence electrons. The molecule has 1 aromatic heterocycles. The summed E-state index contributed by atoms with van der Waals surface area (Å²) in [4.78, 5) is 16.6. The van der Waals surface area contributed by atoms with E-state index in [0.717, 1.165) is 22.1 Å². The number of pyridine rings is 1. The number of carbonyl (C=O) groups excluding carboxylic acids is 1. The molecule has 0 saturated carbocycles. The topological polar surface area (TPSA) is 60.5 Å². The molecule has 5 heteroatoms. The lowest BCUT2D eigenvalue weighted by molar-refractivity contribution is 0.0952. The summed E-state index contributed by atoms with van der Waals surface area (Å²) >= 11 is 0. The maximum atomic E-state index is 12.5. The summed E-state index contributed by atoms with van der Waals surface area (Å²) in [5.74, 6) is 1.33. The molecule has 0 aliphatic carbocycles. The highest BCUT2D eigenvalue weighted by Crippen LogP contribution is 2.32. The van der Waals surface area contributed by atoms with E-state index in [0.29, 0.717) is 17.9 Å². The Labute approximate surface area is 132 Å². The van der Waals surface area contributed by atoms with Crippen LogP contribution in [0.15, 0.2) is 54.9 Å². The van der Waals surface area contributed by atoms with Crippen LogP contribution in [0.3, 0.4) is 0 Å². The summed E-state index contributed by atoms with van der Waals surface area (Å²) in [6, 6.07) is 13.2. The van der Waals surface area contributed by atoms with Crippen molar-refractivity contribution in [2.75, 3.05) is 6.79 Å². The minimum atomic E-state index is -0.124. The third-order valence-corrected chi connectivity index (χ3v) is 3.82. The van der Waals surface area contributed by atoms with E-state index in [1.807, 2.05) is 36.4 Å². The summed E-state index contributed by atoms with van der Waals surface area (Å²) in [5, 5.41) is 4.78. The quantitative estimate of drug-likeness (QED) is 0.808. The molecule has 0 atom stereocenters. The van der Waals surface area contributed by atoms with E-state index in [-0.39, 0.29) is 12.7 Å². The normalized spacial score (nSPS) is 12.3. The Kier molecular flexibility index (Phi) is 3.31. The van der Waals surface area contributed by atoms with E-state index in [1.54, 1.807) is 18.5 Å². The van der Waals surface area contributed by atoms with E-state index >= 15 is 0 Å². The molecule has 0 unspecified atom stereocenters. The van der Waals surface area contributed by atoms with Gasteiger partial charge in [-0.25, -0.2) is 0 Å². The van der Waals surface area contributed by atoms with Crippen LogP contribution in [0.5, 0.6) is 11.5 Å². The van der Waals surface area contributed by atoms with Crippen molar-refractivity contribution in [1.29, 1.82) is 0 Å². The number of amides is 1. The van der Waals surface area contributed by atoms with E-state index in [2.05, 4.69) is 10.3 Å². The van der Waals surface area contributed by atoms with Gasteiger partial charge in [0.05, 0.1) is 0 Å². The fraction of sp³-hybridized carbons (Fsp3) is 0.111. The van der Waals surface area contributed by atoms with Crippen molar-refractivity contribution in [3.63, 3.8) is 0 Å². The van der Waals surface area contributed by atoms with Crippen LogP contribution < -0.4 is 14.8 Å². The first-order valence-corrected chi connectivity index (χ1v) is 7.31. The van der Waals surface area contributed by atoms with Crippen molar-refractivity contribution in [2.45, 2.75) is 6.54 Å². The number of nitrogens with zero attached hydrogens (tertiary/aromatic N) is 1. The summed E-state index contributed by atoms with van der Waals surface area (Å²) < 4.78 is 10.6. The van der Waals surface area contributed by atoms with Gasteiger partial charge in [-0.2, -0.15) is 0 Å². The van der Waals surface area contributed by atoms with Crippen LogP contribution in [0.25, 0.3) is 10.8 Å². The van der Waals surface area contributed by atoms with Gasteiger partial charge in [-0.05, 0) is 35.2 Å². The lowest BCUT2D eigenvalue weighted by atomic mass is 10.1. The molecule has 0 bridgehead atoms. The molecule has 2 aromatic carbocycles. The fourth-order valence-corrected chi connectivity index (χ4v) is 2.64. The molecular formula is C18H14N2O3. The van der Waals surface area contributed by atoms with Gasteiger partial charge >= 0.3 is 0 Å². The Bertz CT molecular complexity index is 887. The molecule has 1 aliphatic heterocycles. The number of rotatable bonds is 3. The van der Waals surface area contributed by atoms with E-state index in [4.69, 9.17) is 9.47 Å². The number of hydrogen-bond acceptors (Lipinski definition) is 4. The van der Waals surface area contributed by atoms with E-state index in [9.17, 15) is 4.79 Å². The monoisotopic (exact) mass is 306 g/mol. The molecule has 2 heterocycles. The maximum absolute atomic E-state index is 12.5. The molecule has 23 heavy (non-hydrogen) atoms. The van der Waals surface area contributed by atoms with Crippen molar-refractivity contribution in [1.82, 2.24) is 10.3 Å². The van der Waals surface area contributed by atoms with Gasteiger partial charge in [-0.15, -0.1) is 0 Å². The lowest BCUT2D eigenvalue weighted by Crippen LogP contribution is -2.23. The largest absolute Gasteiger partial charge is 0.454 e. The van der Waals surface area contributed by atoms with Crippen LogP contribution in [-0.2, 0) is 6.54 Å². The molecule has 1 N–H and O–H groups in total. The lowest BCUT2D eigenvalue weighted by Gasteiger charge is -2.08. The van der Waals surface area contributed by atoms with Crippen LogP contribution >= 0.6 is 0 Å². The van der Waals surface area contributed by atoms with Gasteiger partial charge in [0.1, 0.15) is 0 Å². The Hall–Kier alpha value is -3.08. The van der Waals surface area contributed by atoms with Crippen LogP contribution in [0, 0.1) is 0 Å². The Morgan fingerprint density at radius 1 is 1.13 bits per heavy atom. The SMILES string of the molecule is O=C(NCc1ccc2c(c1)OCO2)c1cccc2ccncc12. The molecule has 4 rings (SSSR count). The minimum absolute atomic E-state index is 0.124. The highest BCUT2D eigenvalue weighted by molar-refractivity contribution is 6.06. The number of nitrogens with one attached hydrogen (secondary N) is 1. The average molecular weight is 306 g/mol. The van der Waals surface area contributed by atoms with Crippen molar-refractivity contribution in [3.8, 4) is 11.5 Å². The van der Waals surface area contributed by atoms with Gasteiger partial charge in [0, 0.05) is 29.9 Å². The second-order valence-corrected chi connectivity index (χ2v) is 5.27. The van der Waals surface area contributed by atoms with Crippen molar-refractivity contribution in [2.24, 2.45) is 0 Å². The maximum Gasteiger partial charge on any atom is 0.252 e. The first-order valence-electron chi connectivity index (χ1n) is 7.31. The highest BCUT2D eigenvalue weighted by Gasteiger charge is 2.14. The zero-order valence-corrected chi connectivity index (χ0v) is 12.3. The second kappa shape index (κ2) is 5.61. The first kappa shape index (κ1) is 13.6. The number of fused-ring (bicyclic) bond motifs is 2. The summed E-state index contributed by atoms with van der Waals surface area (Å²) in [5.41, 5.74) is 1.58. The summed E-state index contributed by atoms with van der Waals surface area (Å²) in [6.07, 6.45) is 3.43. The zero-order valence-electron chi connectivity index (χ0n) is 12.3. The van der Waals surface area contributed by atoms with Gasteiger partial charge in [-0.1, -0.05) is 18.2 Å². The number of benzene rings is 2. The zero-order chi connectivity index (χ0) is 15.6. The molecular weight excluding hydrogens is 292 g/mol. The molecule has 5 nitrogen and oxygen atoms in total. The number of hydrogen-bond donors (Lipinski definition) is 1. The molecule has 1 amide bonds. The van der Waals surface area contributed by atoms with Gasteiger partial charge in [0.25, 0.3) is 5.91 Å². The van der Waals surface area contributed by atoms with Gasteiger partial charge in [-0.3, -0.25) is 9.78 Å². The van der Waals surface area contributed by atoms with Crippen LogP contribution in [0.1, 0.15) is 15.9 Å². The third-order valence-electron chi connectivity index (χ3n) is 3.82. The molecule has 0 radical (unpaired) electrons. The molecule has 1 aliphatic rings. The van der Waals surface area contributed by atoms with E-state index < -0.39 is 0 Å². The highest BCUT2D eigenvalue weighted by atomic mass is 16.7. The van der Waals surface area contributed by atoms with Gasteiger partial charge in [0.2, 0.25) is 6.79 Å². The predicted molar refractivity (Wildman–Crippen MR) is 85.5 cm³/mol. The van der Waals surface area contributed by atoms with Crippen LogP contribution in [0.2, 0.25) is 0 Å². The van der Waals surface area contributed by atoms with Crippen LogP contribution in [0.4, 0.5) is 0 Å². The second-order valence-electron chi connectivity index (χ2n) is 5.27. The Morgan fingerprint density at radius 2 is 2.04 bits per heavy atom. The smallest absolute Gasteiger partial charge is 0.252 e. The summed E-state index contributed by atoms with van der Waals surface area (Å²) in [6.45, 7) is 0.667. The minimum Gasteiger partial charge on any atom is -0.454 e. The van der Waals surface area contributed by atoms with Crippen LogP contribution in [-0.4, -0.2) is 17.7 Å². The Morgan fingerprint density at radius 3 is 3.00 bits per heavy atom. The first-order chi connectivity index (χ1) is 11.3.